The van der Waals surface area contributed by atoms with Gasteiger partial charge in [-0.25, -0.2) is 0 Å². The molecule has 1 aliphatic rings. The Balaban J connectivity index is 2.09. The largest absolute Gasteiger partial charge is 0.481 e. The number of carboxylic acids is 1. The fourth-order valence-corrected chi connectivity index (χ4v) is 2.69. The van der Waals surface area contributed by atoms with Crippen LogP contribution in [0, 0.1) is 21.4 Å². The first-order valence-electron chi connectivity index (χ1n) is 6.39. The fraction of sp³-hybridized carbons (Fsp3) is 0.154. The van der Waals surface area contributed by atoms with Crippen LogP contribution in [0.4, 0.5) is 5.69 Å². The van der Waals surface area contributed by atoms with E-state index in [9.17, 15) is 19.7 Å². The molecule has 0 aromatic heterocycles. The van der Waals surface area contributed by atoms with Crippen LogP contribution >= 0.6 is 11.8 Å². The molecule has 122 valence electrons. The lowest BCUT2D eigenvalue weighted by Gasteiger charge is -1.97. The molecule has 0 aliphatic carbocycles. The zero-order valence-electron chi connectivity index (χ0n) is 11.9. The number of hydrogen-bond donors (Lipinski definition) is 2. The lowest BCUT2D eigenvalue weighted by Crippen LogP contribution is -2.26. The van der Waals surface area contributed by atoms with Gasteiger partial charge in [-0.15, -0.1) is 5.10 Å². The number of carbonyl (C=O) groups is 2. The van der Waals surface area contributed by atoms with Gasteiger partial charge in [-0.05, 0) is 17.7 Å². The second-order valence-corrected chi connectivity index (χ2v) is 5.68. The molecular weight excluding hydrogens is 338 g/mol. The molecule has 0 radical (unpaired) electrons. The van der Waals surface area contributed by atoms with Crippen LogP contribution in [-0.4, -0.2) is 38.5 Å². The number of carbonyl (C=O) groups excluding carboxylic acids is 1. The van der Waals surface area contributed by atoms with Crippen molar-refractivity contribution in [3.8, 4) is 6.07 Å². The van der Waals surface area contributed by atoms with Crippen molar-refractivity contribution >= 4 is 40.7 Å². The molecule has 0 saturated carbocycles. The number of aliphatic carboxylic acids is 1. The van der Waals surface area contributed by atoms with Crippen LogP contribution in [0.2, 0.25) is 0 Å². The van der Waals surface area contributed by atoms with Crippen LogP contribution < -0.4 is 5.32 Å². The monoisotopic (exact) mass is 347 g/mol. The van der Waals surface area contributed by atoms with Crippen molar-refractivity contribution in [1.29, 1.82) is 5.26 Å². The minimum absolute atomic E-state index is 0.110. The topological polar surface area (TPSA) is 158 Å². The van der Waals surface area contributed by atoms with Gasteiger partial charge in [0.15, 0.2) is 5.17 Å². The second kappa shape index (κ2) is 7.34. The van der Waals surface area contributed by atoms with Crippen molar-refractivity contribution in [3.05, 3.63) is 39.4 Å². The number of nitrogens with one attached hydrogen (secondary N) is 1. The second-order valence-electron chi connectivity index (χ2n) is 4.49. The smallest absolute Gasteiger partial charge is 0.305 e. The molecule has 1 fully saturated rings. The first-order valence-corrected chi connectivity index (χ1v) is 7.27. The molecule has 2 N–H and O–H groups in total. The molecule has 0 bridgehead atoms. The molecule has 1 atom stereocenters. The van der Waals surface area contributed by atoms with E-state index < -0.39 is 22.0 Å². The van der Waals surface area contributed by atoms with Crippen LogP contribution in [0.3, 0.4) is 0 Å². The Morgan fingerprint density at radius 1 is 1.58 bits per heavy atom. The Morgan fingerprint density at radius 3 is 2.96 bits per heavy atom. The molecule has 11 heteroatoms. The van der Waals surface area contributed by atoms with E-state index >= 15 is 0 Å². The van der Waals surface area contributed by atoms with Crippen molar-refractivity contribution in [2.75, 3.05) is 0 Å². The van der Waals surface area contributed by atoms with Crippen molar-refractivity contribution in [3.63, 3.8) is 0 Å². The summed E-state index contributed by atoms with van der Waals surface area (Å²) < 4.78 is 0. The number of nitriles is 1. The zero-order valence-corrected chi connectivity index (χ0v) is 12.7. The average molecular weight is 347 g/mol. The summed E-state index contributed by atoms with van der Waals surface area (Å²) in [6.07, 6.45) is 0.932. The summed E-state index contributed by atoms with van der Waals surface area (Å²) in [6.45, 7) is 0. The van der Waals surface area contributed by atoms with E-state index in [0.717, 1.165) is 11.8 Å². The molecule has 10 nitrogen and oxygen atoms in total. The number of amidine groups is 1. The number of nitro groups is 1. The minimum atomic E-state index is -1.10. The predicted octanol–water partition coefficient (Wildman–Crippen LogP) is 0.863. The Morgan fingerprint density at radius 2 is 2.33 bits per heavy atom. The van der Waals surface area contributed by atoms with Crippen LogP contribution in [0.1, 0.15) is 17.5 Å². The van der Waals surface area contributed by atoms with E-state index in [4.69, 9.17) is 10.4 Å². The van der Waals surface area contributed by atoms with Gasteiger partial charge in [0, 0.05) is 6.07 Å². The van der Waals surface area contributed by atoms with Crippen molar-refractivity contribution in [2.45, 2.75) is 11.7 Å². The maximum Gasteiger partial charge on any atom is 0.305 e. The zero-order chi connectivity index (χ0) is 17.7. The van der Waals surface area contributed by atoms with Gasteiger partial charge in [-0.2, -0.15) is 10.4 Å². The normalized spacial score (nSPS) is 18.5. The summed E-state index contributed by atoms with van der Waals surface area (Å²) >= 11 is 0.949. The number of nitro benzene ring substituents is 1. The first kappa shape index (κ1) is 17.1. The average Bonchev–Trinajstić information content (AvgIpc) is 2.86. The van der Waals surface area contributed by atoms with E-state index in [1.165, 1.54) is 24.4 Å². The molecule has 1 unspecified atom stereocenters. The van der Waals surface area contributed by atoms with E-state index in [0.29, 0.717) is 5.56 Å². The van der Waals surface area contributed by atoms with Gasteiger partial charge >= 0.3 is 5.97 Å². The predicted molar refractivity (Wildman–Crippen MR) is 84.6 cm³/mol. The summed E-state index contributed by atoms with van der Waals surface area (Å²) in [7, 11) is 0. The lowest BCUT2D eigenvalue weighted by molar-refractivity contribution is -0.385. The van der Waals surface area contributed by atoms with E-state index in [2.05, 4.69) is 15.5 Å². The number of hydrogen-bond acceptors (Lipinski definition) is 8. The molecule has 0 spiro atoms. The Labute approximate surface area is 139 Å². The molecule has 1 aliphatic heterocycles. The van der Waals surface area contributed by atoms with E-state index in [1.807, 2.05) is 0 Å². The van der Waals surface area contributed by atoms with Gasteiger partial charge in [0.1, 0.15) is 16.9 Å². The van der Waals surface area contributed by atoms with Gasteiger partial charge in [0.05, 0.1) is 17.6 Å². The number of carboxylic acid groups (broad SMARTS) is 1. The first-order chi connectivity index (χ1) is 11.4. The Bertz CT molecular complexity index is 813. The summed E-state index contributed by atoms with van der Waals surface area (Å²) in [6, 6.07) is 5.59. The number of rotatable bonds is 5. The van der Waals surface area contributed by atoms with Crippen LogP contribution in [-0.2, 0) is 9.59 Å². The molecule has 1 saturated heterocycles. The van der Waals surface area contributed by atoms with Crippen LogP contribution in [0.25, 0.3) is 0 Å². The molecule has 1 amide bonds. The Hall–Kier alpha value is -3.26. The maximum absolute atomic E-state index is 11.5. The molecule has 2 rings (SSSR count). The van der Waals surface area contributed by atoms with Crippen molar-refractivity contribution < 1.29 is 19.6 Å². The van der Waals surface area contributed by atoms with Gasteiger partial charge < -0.3 is 10.4 Å². The third kappa shape index (κ3) is 4.14. The molecular formula is C13H9N5O5S. The molecule has 1 heterocycles. The van der Waals surface area contributed by atoms with Crippen LogP contribution in [0.5, 0.6) is 0 Å². The van der Waals surface area contributed by atoms with Crippen LogP contribution in [0.15, 0.2) is 28.4 Å². The highest BCUT2D eigenvalue weighted by molar-refractivity contribution is 8.15. The molecule has 1 aromatic rings. The quantitative estimate of drug-likeness (QED) is 0.454. The highest BCUT2D eigenvalue weighted by Crippen LogP contribution is 2.22. The standard InChI is InChI=1S/C13H9N5O5S/c14-5-8-3-7(1-2-9(8)18(22)23)6-15-17-13-16-12(21)10(24-13)4-11(19)20/h1-3,6,10H,4H2,(H,19,20)(H,16,17,21). The fourth-order valence-electron chi connectivity index (χ4n) is 1.78. The lowest BCUT2D eigenvalue weighted by atomic mass is 10.1. The van der Waals surface area contributed by atoms with Gasteiger partial charge in [0.2, 0.25) is 5.91 Å². The summed E-state index contributed by atoms with van der Waals surface area (Å²) in [5, 5.41) is 37.6. The van der Waals surface area contributed by atoms with Crippen molar-refractivity contribution in [1.82, 2.24) is 5.32 Å². The Kier molecular flexibility index (Phi) is 5.23. The van der Waals surface area contributed by atoms with Gasteiger partial charge in [-0.1, -0.05) is 11.8 Å². The van der Waals surface area contributed by atoms with Crippen molar-refractivity contribution in [2.24, 2.45) is 10.2 Å². The van der Waals surface area contributed by atoms with Gasteiger partial charge in [0.25, 0.3) is 5.69 Å². The number of benzene rings is 1. The summed E-state index contributed by atoms with van der Waals surface area (Å²) in [5.74, 6) is -1.55. The third-order valence-corrected chi connectivity index (χ3v) is 3.90. The summed E-state index contributed by atoms with van der Waals surface area (Å²) in [5.41, 5.74) is -0.00401. The minimum Gasteiger partial charge on any atom is -0.481 e. The number of amides is 1. The number of thioether (sulfide) groups is 1. The maximum atomic E-state index is 11.5. The van der Waals surface area contributed by atoms with E-state index in [1.54, 1.807) is 6.07 Å². The molecule has 24 heavy (non-hydrogen) atoms. The highest BCUT2D eigenvalue weighted by atomic mass is 32.2. The third-order valence-electron chi connectivity index (χ3n) is 2.83. The molecule has 1 aromatic carbocycles. The SMILES string of the molecule is N#Cc1cc(C=NN=C2NC(=O)C(CC(=O)O)S2)ccc1[N+](=O)[O-]. The highest BCUT2D eigenvalue weighted by Gasteiger charge is 2.32. The van der Waals surface area contributed by atoms with Gasteiger partial charge in [-0.3, -0.25) is 19.7 Å². The number of nitrogens with zero attached hydrogens (tertiary/aromatic N) is 4. The van der Waals surface area contributed by atoms with E-state index in [-0.39, 0.29) is 22.8 Å². The summed E-state index contributed by atoms with van der Waals surface area (Å²) in [4.78, 5) is 32.2.